The van der Waals surface area contributed by atoms with Crippen molar-refractivity contribution in [2.45, 2.75) is 39.7 Å². The predicted molar refractivity (Wildman–Crippen MR) is 86.7 cm³/mol. The number of carbonyl (C=O) groups is 1. The van der Waals surface area contributed by atoms with Gasteiger partial charge >= 0.3 is 0 Å². The summed E-state index contributed by atoms with van der Waals surface area (Å²) in [5.41, 5.74) is 2.66. The van der Waals surface area contributed by atoms with Crippen LogP contribution in [0.5, 0.6) is 0 Å². The Balaban J connectivity index is 1.90. The van der Waals surface area contributed by atoms with Crippen LogP contribution in [0.3, 0.4) is 0 Å². The molecule has 6 nitrogen and oxygen atoms in total. The summed E-state index contributed by atoms with van der Waals surface area (Å²) in [4.78, 5) is 23.1. The lowest BCUT2D eigenvalue weighted by Crippen LogP contribution is -2.19. The van der Waals surface area contributed by atoms with E-state index in [0.717, 1.165) is 12.8 Å². The predicted octanol–water partition coefficient (Wildman–Crippen LogP) is 2.57. The summed E-state index contributed by atoms with van der Waals surface area (Å²) in [6, 6.07) is 8.60. The van der Waals surface area contributed by atoms with E-state index >= 15 is 0 Å². The van der Waals surface area contributed by atoms with E-state index in [-0.39, 0.29) is 17.9 Å². The lowest BCUT2D eigenvalue weighted by atomic mass is 10.0. The zero-order valence-electron chi connectivity index (χ0n) is 13.1. The molecule has 0 spiro atoms. The molecule has 1 aromatic carbocycles. The van der Waals surface area contributed by atoms with Gasteiger partial charge in [0.15, 0.2) is 0 Å². The van der Waals surface area contributed by atoms with Gasteiger partial charge < -0.3 is 5.32 Å². The fourth-order valence-corrected chi connectivity index (χ4v) is 2.14. The van der Waals surface area contributed by atoms with E-state index in [4.69, 9.17) is 0 Å². The van der Waals surface area contributed by atoms with E-state index < -0.39 is 0 Å². The van der Waals surface area contributed by atoms with Crippen molar-refractivity contribution in [3.63, 3.8) is 0 Å². The first kappa shape index (κ1) is 15.9. The molecule has 0 aliphatic rings. The van der Waals surface area contributed by atoms with Crippen molar-refractivity contribution in [1.82, 2.24) is 15.0 Å². The van der Waals surface area contributed by atoms with E-state index in [1.807, 2.05) is 0 Å². The Morgan fingerprint density at radius 3 is 2.68 bits per heavy atom. The van der Waals surface area contributed by atoms with Crippen LogP contribution in [0.15, 0.2) is 30.6 Å². The Morgan fingerprint density at radius 2 is 1.95 bits per heavy atom. The lowest BCUT2D eigenvalue weighted by Gasteiger charge is -2.14. The van der Waals surface area contributed by atoms with Crippen molar-refractivity contribution < 1.29 is 4.79 Å². The molecule has 0 aliphatic carbocycles. The van der Waals surface area contributed by atoms with Gasteiger partial charge in [0, 0.05) is 13.0 Å². The summed E-state index contributed by atoms with van der Waals surface area (Å²) in [6.45, 7) is 5.63. The highest BCUT2D eigenvalue weighted by Gasteiger charge is 2.07. The zero-order chi connectivity index (χ0) is 15.9. The van der Waals surface area contributed by atoms with E-state index in [1.54, 1.807) is 0 Å². The van der Waals surface area contributed by atoms with Gasteiger partial charge in [-0.05, 0) is 37.8 Å². The molecule has 0 saturated heterocycles. The molecule has 0 bridgehead atoms. The zero-order valence-corrected chi connectivity index (χ0v) is 13.1. The van der Waals surface area contributed by atoms with Gasteiger partial charge in [0.05, 0.1) is 0 Å². The molecule has 1 amide bonds. The third-order valence-electron chi connectivity index (χ3n) is 3.34. The van der Waals surface area contributed by atoms with Gasteiger partial charge in [-0.2, -0.15) is 4.98 Å². The maximum atomic E-state index is 11.0. The number of nitrogens with one attached hydrogen (secondary N) is 2. The van der Waals surface area contributed by atoms with Crippen LogP contribution in [0.25, 0.3) is 0 Å². The molecular weight excluding hydrogens is 278 g/mol. The molecule has 0 saturated carbocycles. The van der Waals surface area contributed by atoms with Crippen LogP contribution in [0.2, 0.25) is 0 Å². The number of amides is 1. The third-order valence-corrected chi connectivity index (χ3v) is 3.34. The molecule has 1 atom stereocenters. The van der Waals surface area contributed by atoms with Crippen molar-refractivity contribution in [3.8, 4) is 0 Å². The number of carbonyl (C=O) groups excluding carboxylic acids is 1. The van der Waals surface area contributed by atoms with E-state index in [2.05, 4.69) is 63.7 Å². The molecule has 2 rings (SSSR count). The summed E-state index contributed by atoms with van der Waals surface area (Å²) in [5.74, 6) is 0.525. The summed E-state index contributed by atoms with van der Waals surface area (Å²) in [5, 5.41) is 5.77. The number of aryl methyl sites for hydroxylation is 2. The minimum absolute atomic E-state index is 0.204. The summed E-state index contributed by atoms with van der Waals surface area (Å²) in [7, 11) is 0. The van der Waals surface area contributed by atoms with Crippen LogP contribution < -0.4 is 10.6 Å². The maximum Gasteiger partial charge on any atom is 0.234 e. The maximum absolute atomic E-state index is 11.0. The highest BCUT2D eigenvalue weighted by Crippen LogP contribution is 2.12. The van der Waals surface area contributed by atoms with Gasteiger partial charge in [-0.3, -0.25) is 10.1 Å². The Morgan fingerprint density at radius 1 is 1.23 bits per heavy atom. The molecule has 2 N–H and O–H groups in total. The normalized spacial score (nSPS) is 11.8. The lowest BCUT2D eigenvalue weighted by molar-refractivity contribution is -0.114. The largest absolute Gasteiger partial charge is 0.352 e. The van der Waals surface area contributed by atoms with Gasteiger partial charge in [-0.25, -0.2) is 9.97 Å². The summed E-state index contributed by atoms with van der Waals surface area (Å²) in [6.07, 6.45) is 3.34. The monoisotopic (exact) mass is 299 g/mol. The van der Waals surface area contributed by atoms with Crippen molar-refractivity contribution in [2.75, 3.05) is 10.6 Å². The average molecular weight is 299 g/mol. The Kier molecular flexibility index (Phi) is 5.41. The number of hydrogen-bond acceptors (Lipinski definition) is 5. The van der Waals surface area contributed by atoms with Crippen LogP contribution in [0.4, 0.5) is 11.9 Å². The Bertz CT molecular complexity index is 644. The number of benzene rings is 1. The van der Waals surface area contributed by atoms with Crippen molar-refractivity contribution in [1.29, 1.82) is 0 Å². The highest BCUT2D eigenvalue weighted by molar-refractivity contribution is 5.86. The molecule has 0 radical (unpaired) electrons. The first-order valence-corrected chi connectivity index (χ1v) is 7.32. The van der Waals surface area contributed by atoms with Gasteiger partial charge in [-0.1, -0.05) is 24.3 Å². The minimum atomic E-state index is -0.204. The summed E-state index contributed by atoms with van der Waals surface area (Å²) < 4.78 is 0. The average Bonchev–Trinajstić information content (AvgIpc) is 2.46. The highest BCUT2D eigenvalue weighted by atomic mass is 16.1. The van der Waals surface area contributed by atoms with E-state index in [1.165, 1.54) is 24.4 Å². The van der Waals surface area contributed by atoms with E-state index in [0.29, 0.717) is 5.95 Å². The number of hydrogen-bond donors (Lipinski definition) is 2. The first-order chi connectivity index (χ1) is 10.5. The molecule has 22 heavy (non-hydrogen) atoms. The molecule has 0 aliphatic heterocycles. The fraction of sp³-hybridized carbons (Fsp3) is 0.375. The number of aromatic nitrogens is 3. The van der Waals surface area contributed by atoms with Gasteiger partial charge in [0.1, 0.15) is 6.33 Å². The fourth-order valence-electron chi connectivity index (χ4n) is 2.14. The molecule has 6 heteroatoms. The van der Waals surface area contributed by atoms with Crippen LogP contribution in [-0.2, 0) is 11.2 Å². The van der Waals surface area contributed by atoms with Crippen molar-refractivity contribution in [3.05, 3.63) is 41.7 Å². The summed E-state index contributed by atoms with van der Waals surface area (Å²) >= 11 is 0. The standard InChI is InChI=1S/C16H21N5O/c1-11-6-4-5-7-14(11)9-8-12(2)19-15-17-10-18-16(21-15)20-13(3)22/h4-7,10,12H,8-9H2,1-3H3,(H2,17,18,19,20,21,22). The van der Waals surface area contributed by atoms with Gasteiger partial charge in [0.2, 0.25) is 17.8 Å². The Labute approximate surface area is 130 Å². The quantitative estimate of drug-likeness (QED) is 0.857. The molecule has 0 fully saturated rings. The van der Waals surface area contributed by atoms with E-state index in [9.17, 15) is 4.79 Å². The number of rotatable bonds is 6. The number of anilines is 2. The smallest absolute Gasteiger partial charge is 0.234 e. The topological polar surface area (TPSA) is 79.8 Å². The molecule has 116 valence electrons. The third kappa shape index (κ3) is 4.80. The Hall–Kier alpha value is -2.50. The van der Waals surface area contributed by atoms with Gasteiger partial charge in [-0.15, -0.1) is 0 Å². The van der Waals surface area contributed by atoms with Crippen LogP contribution in [0, 0.1) is 6.92 Å². The molecule has 1 heterocycles. The molecular formula is C16H21N5O. The van der Waals surface area contributed by atoms with Gasteiger partial charge in [0.25, 0.3) is 0 Å². The first-order valence-electron chi connectivity index (χ1n) is 7.32. The second kappa shape index (κ2) is 7.49. The molecule has 1 unspecified atom stereocenters. The van der Waals surface area contributed by atoms with Crippen molar-refractivity contribution in [2.24, 2.45) is 0 Å². The molecule has 2 aromatic rings. The number of nitrogens with zero attached hydrogens (tertiary/aromatic N) is 3. The van der Waals surface area contributed by atoms with Crippen LogP contribution in [0.1, 0.15) is 31.4 Å². The SMILES string of the molecule is CC(=O)Nc1ncnc(NC(C)CCc2ccccc2C)n1. The van der Waals surface area contributed by atoms with Crippen LogP contribution in [-0.4, -0.2) is 26.9 Å². The second-order valence-corrected chi connectivity index (χ2v) is 5.32. The second-order valence-electron chi connectivity index (χ2n) is 5.32. The van der Waals surface area contributed by atoms with Crippen LogP contribution >= 0.6 is 0 Å². The molecule has 1 aromatic heterocycles. The minimum Gasteiger partial charge on any atom is -0.352 e. The van der Waals surface area contributed by atoms with Crippen molar-refractivity contribution >= 4 is 17.8 Å².